The minimum atomic E-state index is -5.67. The quantitative estimate of drug-likeness (QED) is 0.0167. The van der Waals surface area contributed by atoms with Crippen LogP contribution in [0.5, 0.6) is 0 Å². The maximum absolute atomic E-state index is 14.1. The van der Waals surface area contributed by atoms with Gasteiger partial charge in [0.1, 0.15) is 17.5 Å². The maximum Gasteiger partial charge on any atom is 0.369 e. The van der Waals surface area contributed by atoms with Crippen LogP contribution >= 0.6 is 15.2 Å². The Labute approximate surface area is 707 Å². The Morgan fingerprint density at radius 2 is 0.623 bits per heavy atom. The highest BCUT2D eigenvalue weighted by molar-refractivity contribution is 7.72. The Bertz CT molecular complexity index is 5500. The number of hydrogen-bond acceptors (Lipinski definition) is 12. The number of anilines is 3. The van der Waals surface area contributed by atoms with Crippen molar-refractivity contribution in [3.63, 3.8) is 0 Å². The summed E-state index contributed by atoms with van der Waals surface area (Å²) >= 11 is 0. The van der Waals surface area contributed by atoms with Gasteiger partial charge in [-0.1, -0.05) is 187 Å². The molecule has 0 aliphatic heterocycles. The second-order valence-electron chi connectivity index (χ2n) is 30.8. The summed E-state index contributed by atoms with van der Waals surface area (Å²) in [6.45, 7) is 11.8. The Morgan fingerprint density at radius 1 is 0.361 bits per heavy atom. The smallest absolute Gasteiger partial charge is 0.369 e. The molecule has 27 heteroatoms. The van der Waals surface area contributed by atoms with Crippen molar-refractivity contribution < 1.29 is 92.0 Å². The van der Waals surface area contributed by atoms with E-state index in [9.17, 15) is 86.9 Å². The van der Waals surface area contributed by atoms with Gasteiger partial charge < -0.3 is 85.0 Å². The minimum Gasteiger partial charge on any atom is -0.396 e. The molecule has 12 rings (SSSR count). The number of halogens is 3. The predicted molar refractivity (Wildman–Crippen MR) is 471 cm³/mol. The summed E-state index contributed by atoms with van der Waals surface area (Å²) in [7, 11) is -11.3. The van der Waals surface area contributed by atoms with Gasteiger partial charge >= 0.3 is 15.2 Å². The molecule has 0 saturated carbocycles. The van der Waals surface area contributed by atoms with Crippen molar-refractivity contribution in [1.29, 1.82) is 0 Å². The number of carbonyl (C=O) groups is 3. The zero-order valence-corrected chi connectivity index (χ0v) is 70.4. The van der Waals surface area contributed by atoms with Gasteiger partial charge in [-0.2, -0.15) is 0 Å². The van der Waals surface area contributed by atoms with Crippen LogP contribution in [0.2, 0.25) is 0 Å². The molecule has 0 bridgehead atoms. The van der Waals surface area contributed by atoms with Crippen LogP contribution in [-0.4, -0.2) is 129 Å². The molecule has 0 aliphatic rings. The van der Waals surface area contributed by atoms with Gasteiger partial charge in [-0.25, -0.2) is 13.2 Å². The van der Waals surface area contributed by atoms with E-state index in [-0.39, 0.29) is 99.6 Å². The third-order valence-corrected chi connectivity index (χ3v) is 24.7. The lowest BCUT2D eigenvalue weighted by Crippen LogP contribution is -2.29. The molecule has 2 unspecified atom stereocenters. The van der Waals surface area contributed by atoms with E-state index in [1.807, 2.05) is 192 Å². The van der Waals surface area contributed by atoms with E-state index in [0.717, 1.165) is 39.3 Å². The van der Waals surface area contributed by atoms with Crippen LogP contribution in [0, 0.1) is 17.5 Å². The van der Waals surface area contributed by atoms with Crippen molar-refractivity contribution in [3.05, 3.63) is 306 Å². The second kappa shape index (κ2) is 42.7. The van der Waals surface area contributed by atoms with Crippen LogP contribution in [0.1, 0.15) is 152 Å². The summed E-state index contributed by atoms with van der Waals surface area (Å²) in [5.41, 5.74) is 13.4. The first-order valence-electron chi connectivity index (χ1n) is 40.3. The summed E-state index contributed by atoms with van der Waals surface area (Å²) in [4.78, 5) is 80.7. The average Bonchev–Trinajstić information content (AvgIpc) is 1.61. The molecular formula is C95H105F3N6O16P2. The molecule has 642 valence electrons. The summed E-state index contributed by atoms with van der Waals surface area (Å²) < 4.78 is 71.7. The highest BCUT2D eigenvalue weighted by Gasteiger charge is 2.59. The zero-order valence-electron chi connectivity index (χ0n) is 68.6. The SMILES string of the molecule is CC(C)c1c(C(=O)Nc2ccccc2)c(-c2ccccc2)c(-c2ccc(F)cc2)n1CC(O)CC(O)CCO.CC(C)c1c(C(=O)Nc2ccccc2)c(-c2ccccc2)c(-c2ccc(F)cc2)n1CCCC(O)(P(=O)(O)O)P(=O)(O)O.CC(C)c1c(C(=O)Nc2ccccc2)c(-c2ccccc2)c(-c2ccc(F)cc2)n1CC[C@@H](O)C[C@@H](O)CCO. The molecule has 0 spiro atoms. The zero-order chi connectivity index (χ0) is 88.2. The fourth-order valence-electron chi connectivity index (χ4n) is 15.4. The number of rotatable bonds is 34. The molecule has 22 nitrogen and oxygen atoms in total. The van der Waals surface area contributed by atoms with E-state index < -0.39 is 62.8 Å². The van der Waals surface area contributed by atoms with E-state index in [2.05, 4.69) is 20.5 Å². The van der Waals surface area contributed by atoms with E-state index in [1.165, 1.54) is 48.5 Å². The number of nitrogens with zero attached hydrogens (tertiary/aromatic N) is 3. The van der Waals surface area contributed by atoms with E-state index in [4.69, 9.17) is 5.11 Å². The number of nitrogens with one attached hydrogen (secondary N) is 3. The fraction of sp³-hybridized carbons (Fsp3) is 0.274. The molecule has 0 saturated heterocycles. The lowest BCUT2D eigenvalue weighted by Gasteiger charge is -2.29. The van der Waals surface area contributed by atoms with Gasteiger partial charge in [0.2, 0.25) is 0 Å². The lowest BCUT2D eigenvalue weighted by atomic mass is 9.94. The molecule has 0 aliphatic carbocycles. The molecular weight excluding hydrogens is 1600 g/mol. The van der Waals surface area contributed by atoms with Crippen molar-refractivity contribution in [2.75, 3.05) is 29.2 Å². The van der Waals surface area contributed by atoms with E-state index >= 15 is 0 Å². The average molecular weight is 1710 g/mol. The van der Waals surface area contributed by atoms with E-state index in [1.54, 1.807) is 65.2 Å². The van der Waals surface area contributed by atoms with Gasteiger partial charge in [0, 0.05) is 96.5 Å². The van der Waals surface area contributed by atoms with Crippen molar-refractivity contribution in [1.82, 2.24) is 13.7 Å². The number of aliphatic hydroxyl groups excluding tert-OH is 6. The van der Waals surface area contributed by atoms with Gasteiger partial charge in [-0.05, 0) is 192 Å². The summed E-state index contributed by atoms with van der Waals surface area (Å²) in [5.74, 6) is -2.68. The monoisotopic (exact) mass is 1700 g/mol. The highest BCUT2D eigenvalue weighted by Crippen LogP contribution is 2.69. The normalized spacial score (nSPS) is 12.7. The predicted octanol–water partition coefficient (Wildman–Crippen LogP) is 18.2. The van der Waals surface area contributed by atoms with Gasteiger partial charge in [0.15, 0.2) is 0 Å². The molecule has 12 aromatic rings. The van der Waals surface area contributed by atoms with Crippen LogP contribution in [0.4, 0.5) is 30.2 Å². The first-order chi connectivity index (χ1) is 58.2. The number of amides is 3. The first kappa shape index (κ1) is 93.3. The number of aromatic nitrogens is 3. The van der Waals surface area contributed by atoms with Crippen molar-refractivity contribution in [2.45, 2.75) is 153 Å². The Kier molecular flexibility index (Phi) is 32.7. The van der Waals surface area contributed by atoms with Crippen LogP contribution in [-0.2, 0) is 28.8 Å². The molecule has 14 N–H and O–H groups in total. The molecule has 3 amide bonds. The third kappa shape index (κ3) is 23.0. The second-order valence-corrected chi connectivity index (χ2v) is 34.8. The summed E-state index contributed by atoms with van der Waals surface area (Å²) in [5, 5.41) is 76.4. The van der Waals surface area contributed by atoms with Gasteiger partial charge in [0.05, 0.1) is 58.2 Å². The number of benzene rings is 9. The topological polar surface area (TPSA) is 359 Å². The Balaban J connectivity index is 0.000000192. The molecule has 0 fully saturated rings. The maximum atomic E-state index is 14.1. The van der Waals surface area contributed by atoms with Gasteiger partial charge in [-0.3, -0.25) is 23.5 Å². The van der Waals surface area contributed by atoms with E-state index in [0.29, 0.717) is 91.6 Å². The van der Waals surface area contributed by atoms with Crippen LogP contribution in [0.15, 0.2) is 255 Å². The highest BCUT2D eigenvalue weighted by atomic mass is 31.2. The van der Waals surface area contributed by atoms with Crippen LogP contribution in [0.25, 0.3) is 67.2 Å². The van der Waals surface area contributed by atoms with Crippen molar-refractivity contribution in [3.8, 4) is 67.2 Å². The third-order valence-electron chi connectivity index (χ3n) is 20.8. The van der Waals surface area contributed by atoms with Gasteiger partial charge in [-0.15, -0.1) is 0 Å². The number of hydrogen-bond donors (Lipinski definition) is 14. The van der Waals surface area contributed by atoms with Gasteiger partial charge in [0.25, 0.3) is 22.8 Å². The summed E-state index contributed by atoms with van der Waals surface area (Å²) in [6.07, 6.45) is -3.80. The molecule has 3 aromatic heterocycles. The minimum absolute atomic E-state index is 0.0609. The molecule has 4 atom stereocenters. The number of aliphatic hydroxyl groups is 7. The first-order valence-corrected chi connectivity index (χ1v) is 43.6. The number of carbonyl (C=O) groups excluding carboxylic acids is 3. The molecule has 122 heavy (non-hydrogen) atoms. The van der Waals surface area contributed by atoms with Crippen molar-refractivity contribution >= 4 is 50.0 Å². The largest absolute Gasteiger partial charge is 0.396 e. The summed E-state index contributed by atoms with van der Waals surface area (Å²) in [6, 6.07) is 73.5. The molecule has 0 radical (unpaired) electrons. The van der Waals surface area contributed by atoms with Crippen molar-refractivity contribution in [2.24, 2.45) is 0 Å². The lowest BCUT2D eigenvalue weighted by molar-refractivity contribution is 0.0557. The molecule has 9 aromatic carbocycles. The number of para-hydroxylation sites is 3. The standard InChI is InChI=1S/C33H37FN2O4.C32H35FN2O4.C30H33FN2O8P2/c1-22(2)31-30(33(40)35-26-11-7-4-8-12-26)29(23-9-5-3-6-10-23)32(24-13-15-25(34)16-14-24)36(31)19-17-27(38)21-28(39)18-20-37;1-21(2)30-29(32(39)34-25-11-7-4-8-12-25)28(22-9-5-3-6-10-22)31(23-13-15-24(33)16-14-23)35(30)20-27(38)19-26(37)17-18-36;1-20(2)27-26(29(34)32-24-12-7-4-8-13-24)25(21-10-5-3-6-11-21)28(22-14-16-23(31)17-15-22)33(27)19-9-18-30(35,42(36,37)38)43(39,40)41/h3-16,22,27-28,37-39H,17-21H2,1-2H3,(H,35,40);3-16,21,26-27,36-38H,17-20H2,1-2H3,(H,34,39);3-8,10-17,20,35H,9,18-19H2,1-2H3,(H,32,34)(H2,36,37,38)(H2,39,40,41)/t27-,28+;;/m1../s1. The molecule has 3 heterocycles. The fourth-order valence-corrected chi connectivity index (χ4v) is 17.6. The Morgan fingerprint density at radius 3 is 0.910 bits per heavy atom. The van der Waals surface area contributed by atoms with Crippen LogP contribution < -0.4 is 16.0 Å². The van der Waals surface area contributed by atoms with Crippen LogP contribution in [0.3, 0.4) is 0 Å². The Hall–Kier alpha value is -11.0.